The van der Waals surface area contributed by atoms with Crippen molar-refractivity contribution >= 4 is 11.8 Å². The molecular formula is C15H17N3O4. The van der Waals surface area contributed by atoms with E-state index in [2.05, 4.69) is 5.32 Å². The second kappa shape index (κ2) is 6.88. The number of rotatable bonds is 5. The van der Waals surface area contributed by atoms with Crippen LogP contribution in [0.15, 0.2) is 48.8 Å². The van der Waals surface area contributed by atoms with Crippen LogP contribution in [0.2, 0.25) is 0 Å². The molecule has 7 nitrogen and oxygen atoms in total. The lowest BCUT2D eigenvalue weighted by atomic mass is 10.1. The van der Waals surface area contributed by atoms with Gasteiger partial charge in [0.25, 0.3) is 11.8 Å². The van der Waals surface area contributed by atoms with E-state index in [1.165, 1.54) is 12.4 Å². The highest BCUT2D eigenvalue weighted by Gasteiger charge is 2.25. The summed E-state index contributed by atoms with van der Waals surface area (Å²) in [5.74, 6) is -1.40. The normalized spacial score (nSPS) is 13.2. The van der Waals surface area contributed by atoms with Crippen LogP contribution in [0.3, 0.4) is 0 Å². The largest absolute Gasteiger partial charge is 0.391 e. The van der Waals surface area contributed by atoms with Gasteiger partial charge >= 0.3 is 0 Å². The standard InChI is InChI=1S/C15H17N3O4/c1-10(19)13(15(21)17-22)16-14(20)11-4-6-12(7-5-11)18-8-2-3-9-18/h2-10,13,19,22H,1H3,(H,16,20)(H,17,21). The zero-order valence-corrected chi connectivity index (χ0v) is 11.9. The summed E-state index contributed by atoms with van der Waals surface area (Å²) in [6, 6.07) is 9.29. The summed E-state index contributed by atoms with van der Waals surface area (Å²) in [5.41, 5.74) is 2.64. The zero-order chi connectivity index (χ0) is 16.1. The predicted octanol–water partition coefficient (Wildman–Crippen LogP) is 0.462. The van der Waals surface area contributed by atoms with Gasteiger partial charge in [-0.25, -0.2) is 5.48 Å². The van der Waals surface area contributed by atoms with Crippen LogP contribution in [0.25, 0.3) is 5.69 Å². The van der Waals surface area contributed by atoms with E-state index in [0.717, 1.165) is 5.69 Å². The lowest BCUT2D eigenvalue weighted by Gasteiger charge is -2.19. The molecule has 0 aliphatic rings. The molecule has 0 spiro atoms. The third-order valence-electron chi connectivity index (χ3n) is 3.19. The number of aliphatic hydroxyl groups is 1. The first kappa shape index (κ1) is 15.7. The Kier molecular flexibility index (Phi) is 4.92. The Bertz CT molecular complexity index is 635. The topological polar surface area (TPSA) is 104 Å². The minimum atomic E-state index is -1.23. The van der Waals surface area contributed by atoms with E-state index >= 15 is 0 Å². The highest BCUT2D eigenvalue weighted by Crippen LogP contribution is 2.10. The summed E-state index contributed by atoms with van der Waals surface area (Å²) >= 11 is 0. The van der Waals surface area contributed by atoms with Gasteiger partial charge in [0.15, 0.2) is 0 Å². The minimum Gasteiger partial charge on any atom is -0.391 e. The summed E-state index contributed by atoms with van der Waals surface area (Å²) in [5, 5.41) is 20.5. The molecule has 2 unspecified atom stereocenters. The summed E-state index contributed by atoms with van der Waals surface area (Å²) in [4.78, 5) is 23.5. The van der Waals surface area contributed by atoms with Gasteiger partial charge in [-0.15, -0.1) is 0 Å². The lowest BCUT2D eigenvalue weighted by molar-refractivity contribution is -0.133. The van der Waals surface area contributed by atoms with Crippen LogP contribution in [0, 0.1) is 0 Å². The number of amides is 2. The molecule has 0 fully saturated rings. The van der Waals surface area contributed by atoms with Crippen molar-refractivity contribution in [3.63, 3.8) is 0 Å². The van der Waals surface area contributed by atoms with Gasteiger partial charge in [-0.3, -0.25) is 14.8 Å². The first-order chi connectivity index (χ1) is 10.5. The Hall–Kier alpha value is -2.64. The fourth-order valence-electron chi connectivity index (χ4n) is 1.99. The molecule has 0 bridgehead atoms. The molecule has 0 aliphatic heterocycles. The number of hydrogen-bond donors (Lipinski definition) is 4. The van der Waals surface area contributed by atoms with Crippen LogP contribution in [0.4, 0.5) is 0 Å². The monoisotopic (exact) mass is 303 g/mol. The van der Waals surface area contributed by atoms with Gasteiger partial charge in [0.1, 0.15) is 6.04 Å². The smallest absolute Gasteiger partial charge is 0.268 e. The quantitative estimate of drug-likeness (QED) is 0.476. The molecule has 7 heteroatoms. The number of nitrogens with zero attached hydrogens (tertiary/aromatic N) is 1. The molecule has 0 saturated heterocycles. The van der Waals surface area contributed by atoms with Crippen LogP contribution < -0.4 is 10.8 Å². The highest BCUT2D eigenvalue weighted by atomic mass is 16.5. The number of carbonyl (C=O) groups excluding carboxylic acids is 2. The third-order valence-corrected chi connectivity index (χ3v) is 3.19. The number of carbonyl (C=O) groups is 2. The summed E-state index contributed by atoms with van der Waals surface area (Å²) in [6.07, 6.45) is 2.61. The second-order valence-corrected chi connectivity index (χ2v) is 4.80. The molecule has 116 valence electrons. The molecule has 2 atom stereocenters. The molecule has 0 saturated carbocycles. The van der Waals surface area contributed by atoms with E-state index in [-0.39, 0.29) is 0 Å². The molecule has 4 N–H and O–H groups in total. The fraction of sp³-hybridized carbons (Fsp3) is 0.200. The van der Waals surface area contributed by atoms with Gasteiger partial charge in [-0.2, -0.15) is 0 Å². The van der Waals surface area contributed by atoms with Crippen molar-refractivity contribution in [2.45, 2.75) is 19.1 Å². The Morgan fingerprint density at radius 2 is 1.73 bits per heavy atom. The second-order valence-electron chi connectivity index (χ2n) is 4.80. The lowest BCUT2D eigenvalue weighted by Crippen LogP contribution is -2.51. The van der Waals surface area contributed by atoms with Gasteiger partial charge in [0.2, 0.25) is 0 Å². The van der Waals surface area contributed by atoms with E-state index < -0.39 is 24.0 Å². The van der Waals surface area contributed by atoms with E-state index in [4.69, 9.17) is 5.21 Å². The SMILES string of the molecule is CC(O)C(NC(=O)c1ccc(-n2cccc2)cc1)C(=O)NO. The molecule has 1 heterocycles. The molecule has 2 rings (SSSR count). The van der Waals surface area contributed by atoms with Crippen molar-refractivity contribution in [1.29, 1.82) is 0 Å². The molecule has 22 heavy (non-hydrogen) atoms. The van der Waals surface area contributed by atoms with E-state index in [0.29, 0.717) is 5.56 Å². The number of aliphatic hydroxyl groups excluding tert-OH is 1. The molecule has 2 aromatic rings. The molecule has 2 amide bonds. The van der Waals surface area contributed by atoms with Gasteiger partial charge in [0, 0.05) is 23.6 Å². The Balaban J connectivity index is 2.11. The van der Waals surface area contributed by atoms with Crippen molar-refractivity contribution in [3.8, 4) is 5.69 Å². The van der Waals surface area contributed by atoms with Gasteiger partial charge in [-0.05, 0) is 43.3 Å². The summed E-state index contributed by atoms with van der Waals surface area (Å²) in [7, 11) is 0. The molecule has 1 aromatic carbocycles. The van der Waals surface area contributed by atoms with Gasteiger partial charge in [-0.1, -0.05) is 0 Å². The number of hydrogen-bond acceptors (Lipinski definition) is 4. The average Bonchev–Trinajstić information content (AvgIpc) is 3.06. The Morgan fingerprint density at radius 3 is 2.23 bits per heavy atom. The molecule has 0 radical (unpaired) electrons. The van der Waals surface area contributed by atoms with Crippen LogP contribution in [0.1, 0.15) is 17.3 Å². The van der Waals surface area contributed by atoms with Crippen LogP contribution >= 0.6 is 0 Å². The van der Waals surface area contributed by atoms with Crippen molar-refractivity contribution in [3.05, 3.63) is 54.4 Å². The number of hydroxylamine groups is 1. The van der Waals surface area contributed by atoms with E-state index in [1.54, 1.807) is 24.3 Å². The molecule has 1 aromatic heterocycles. The number of benzene rings is 1. The van der Waals surface area contributed by atoms with E-state index in [1.807, 2.05) is 29.1 Å². The Morgan fingerprint density at radius 1 is 1.14 bits per heavy atom. The van der Waals surface area contributed by atoms with E-state index in [9.17, 15) is 14.7 Å². The zero-order valence-electron chi connectivity index (χ0n) is 11.9. The van der Waals surface area contributed by atoms with Gasteiger partial charge in [0.05, 0.1) is 6.10 Å². The van der Waals surface area contributed by atoms with Crippen molar-refractivity contribution in [2.24, 2.45) is 0 Å². The maximum Gasteiger partial charge on any atom is 0.268 e. The first-order valence-corrected chi connectivity index (χ1v) is 6.69. The maximum atomic E-state index is 12.1. The maximum absolute atomic E-state index is 12.1. The first-order valence-electron chi connectivity index (χ1n) is 6.69. The summed E-state index contributed by atoms with van der Waals surface area (Å²) < 4.78 is 1.89. The average molecular weight is 303 g/mol. The predicted molar refractivity (Wildman–Crippen MR) is 78.6 cm³/mol. The highest BCUT2D eigenvalue weighted by molar-refractivity contribution is 5.97. The van der Waals surface area contributed by atoms with Crippen molar-refractivity contribution < 1.29 is 19.9 Å². The van der Waals surface area contributed by atoms with Gasteiger partial charge < -0.3 is 15.0 Å². The summed E-state index contributed by atoms with van der Waals surface area (Å²) in [6.45, 7) is 1.34. The van der Waals surface area contributed by atoms with Crippen LogP contribution in [-0.2, 0) is 4.79 Å². The third kappa shape index (κ3) is 3.51. The fourth-order valence-corrected chi connectivity index (χ4v) is 1.99. The minimum absolute atomic E-state index is 0.340. The van der Waals surface area contributed by atoms with Crippen molar-refractivity contribution in [1.82, 2.24) is 15.4 Å². The number of nitrogens with one attached hydrogen (secondary N) is 2. The van der Waals surface area contributed by atoms with Crippen LogP contribution in [-0.4, -0.2) is 38.8 Å². The Labute approximate surface area is 127 Å². The van der Waals surface area contributed by atoms with Crippen molar-refractivity contribution in [2.75, 3.05) is 0 Å². The molecule has 0 aliphatic carbocycles. The number of aromatic nitrogens is 1. The van der Waals surface area contributed by atoms with Crippen LogP contribution in [0.5, 0.6) is 0 Å². The molecular weight excluding hydrogens is 286 g/mol.